The summed E-state index contributed by atoms with van der Waals surface area (Å²) >= 11 is 1.85. The highest BCUT2D eigenvalue weighted by Gasteiger charge is 2.36. The summed E-state index contributed by atoms with van der Waals surface area (Å²) in [5.41, 5.74) is 21.4. The van der Waals surface area contributed by atoms with Gasteiger partial charge in [-0.15, -0.1) is 11.3 Å². The van der Waals surface area contributed by atoms with E-state index in [0.29, 0.717) is 18.2 Å². The molecule has 0 radical (unpaired) electrons. The maximum absolute atomic E-state index is 9.79. The zero-order chi connectivity index (χ0) is 70.5. The van der Waals surface area contributed by atoms with Gasteiger partial charge in [-0.2, -0.15) is 0 Å². The fraction of sp³-hybridized carbons (Fsp3) is 0.344. The van der Waals surface area contributed by atoms with Gasteiger partial charge in [0.2, 0.25) is 0 Å². The molecule has 1 aliphatic rings. The zero-order valence-electron chi connectivity index (χ0n) is 63.1. The first-order valence-electron chi connectivity index (χ1n) is 35.6. The van der Waals surface area contributed by atoms with E-state index in [1.165, 1.54) is 81.2 Å². The lowest BCUT2D eigenvalue weighted by Gasteiger charge is -2.33. The molecule has 492 valence electrons. The molecule has 0 saturated heterocycles. The van der Waals surface area contributed by atoms with Crippen LogP contribution in [0.25, 0.3) is 81.2 Å². The first kappa shape index (κ1) is 63.6. The lowest BCUT2D eigenvalue weighted by atomic mass is 9.76. The summed E-state index contributed by atoms with van der Waals surface area (Å²) in [7, 11) is 0. The lowest BCUT2D eigenvalue weighted by molar-refractivity contribution is 0.483. The van der Waals surface area contributed by atoms with Gasteiger partial charge in [-0.3, -0.25) is 4.57 Å². The number of fused-ring (bicyclic) bond motifs is 8. The van der Waals surface area contributed by atoms with Crippen LogP contribution in [0.1, 0.15) is 211 Å². The van der Waals surface area contributed by atoms with Crippen LogP contribution in [0.15, 0.2) is 182 Å². The molecule has 0 unspecified atom stereocenters. The number of ether oxygens (including phenoxy) is 1. The minimum atomic E-state index is -1.01. The molecule has 12 aromatic rings. The van der Waals surface area contributed by atoms with Crippen LogP contribution >= 0.6 is 11.3 Å². The SMILES string of the molecule is [2H]C(C)(C)c1cccc(C([2H])(C)C)c1-c1cc(Oc2ccc3c4c5sc6ccccc6c5ccc4n(-c4cc(C(C)(C)C)ccn4)c3c2)cc(N2CN(c3c(-c4cc(C(C)(C)C)cc(C(C)(C)C)c4)cc(C(C)(C)C)cc3-c3cc(C(C)(C)C)cc(C(C)(C)C)c3)c3ccccc32)c1. The molecule has 5 nitrogen and oxygen atoms in total. The minimum Gasteiger partial charge on any atom is -0.457 e. The second-order valence-electron chi connectivity index (χ2n) is 33.9. The van der Waals surface area contributed by atoms with Crippen LogP contribution < -0.4 is 14.5 Å². The third-order valence-corrected chi connectivity index (χ3v) is 21.1. The fourth-order valence-electron chi connectivity index (χ4n) is 14.1. The molecule has 9 aromatic carbocycles. The smallest absolute Gasteiger partial charge is 0.137 e. The highest BCUT2D eigenvalue weighted by atomic mass is 32.1. The molecule has 1 aliphatic heterocycles. The third kappa shape index (κ3) is 12.2. The van der Waals surface area contributed by atoms with E-state index in [4.69, 9.17) is 9.72 Å². The van der Waals surface area contributed by atoms with Gasteiger partial charge in [0.05, 0.1) is 28.1 Å². The number of hydrogen-bond acceptors (Lipinski definition) is 5. The topological polar surface area (TPSA) is 33.5 Å². The molecule has 0 saturated carbocycles. The number of hydrogen-bond donors (Lipinski definition) is 0. The van der Waals surface area contributed by atoms with Crippen molar-refractivity contribution in [2.75, 3.05) is 16.5 Å². The van der Waals surface area contributed by atoms with Crippen LogP contribution in [0.5, 0.6) is 11.5 Å². The second kappa shape index (κ2) is 23.7. The van der Waals surface area contributed by atoms with Crippen LogP contribution in [0, 0.1) is 0 Å². The molecular formula is C90H100N4OS. The van der Waals surface area contributed by atoms with Gasteiger partial charge in [-0.05, 0) is 184 Å². The van der Waals surface area contributed by atoms with E-state index in [-0.39, 0.29) is 32.5 Å². The third-order valence-electron chi connectivity index (χ3n) is 19.9. The van der Waals surface area contributed by atoms with Crippen molar-refractivity contribution >= 4 is 76.1 Å². The van der Waals surface area contributed by atoms with Crippen molar-refractivity contribution in [1.82, 2.24) is 9.55 Å². The Hall–Kier alpha value is -8.45. The van der Waals surface area contributed by atoms with Gasteiger partial charge in [0.1, 0.15) is 24.0 Å². The van der Waals surface area contributed by atoms with Crippen molar-refractivity contribution in [3.05, 3.63) is 227 Å². The van der Waals surface area contributed by atoms with Crippen molar-refractivity contribution < 1.29 is 7.48 Å². The van der Waals surface area contributed by atoms with Crippen LogP contribution in [0.2, 0.25) is 0 Å². The number of thiophene rings is 1. The predicted octanol–water partition coefficient (Wildman–Crippen LogP) is 26.6. The Morgan fingerprint density at radius 1 is 0.427 bits per heavy atom. The van der Waals surface area contributed by atoms with Crippen LogP contribution in [-0.2, 0) is 32.5 Å². The minimum absolute atomic E-state index is 0.105. The summed E-state index contributed by atoms with van der Waals surface area (Å²) in [6, 6.07) is 65.7. The molecule has 0 bridgehead atoms. The second-order valence-corrected chi connectivity index (χ2v) is 35.0. The molecule has 0 aliphatic carbocycles. The number of para-hydroxylation sites is 2. The maximum atomic E-state index is 9.79. The van der Waals surface area contributed by atoms with Crippen molar-refractivity contribution in [2.45, 2.75) is 197 Å². The summed E-state index contributed by atoms with van der Waals surface area (Å²) in [5, 5.41) is 4.82. The van der Waals surface area contributed by atoms with Gasteiger partial charge in [0.15, 0.2) is 0 Å². The van der Waals surface area contributed by atoms with Gasteiger partial charge >= 0.3 is 0 Å². The number of nitrogens with zero attached hydrogens (tertiary/aromatic N) is 4. The van der Waals surface area contributed by atoms with Gasteiger partial charge < -0.3 is 14.5 Å². The monoisotopic (exact) mass is 1290 g/mol. The summed E-state index contributed by atoms with van der Waals surface area (Å²) < 4.78 is 31.9. The van der Waals surface area contributed by atoms with E-state index in [1.54, 1.807) is 0 Å². The Bertz CT molecular complexity index is 4950. The summed E-state index contributed by atoms with van der Waals surface area (Å²) in [6.07, 6.45) is 1.95. The number of pyridine rings is 1. The normalized spacial score (nSPS) is 14.1. The number of benzene rings is 9. The highest BCUT2D eigenvalue weighted by Crippen LogP contribution is 2.55. The molecule has 0 amide bonds. The molecule has 0 fully saturated rings. The first-order chi connectivity index (χ1) is 45.6. The molecule has 3 aromatic heterocycles. The van der Waals surface area contributed by atoms with Crippen molar-refractivity contribution in [2.24, 2.45) is 0 Å². The van der Waals surface area contributed by atoms with Crippen molar-refractivity contribution in [1.29, 1.82) is 0 Å². The molecular weight excluding hydrogens is 1190 g/mol. The van der Waals surface area contributed by atoms with Gasteiger partial charge in [-0.25, -0.2) is 4.98 Å². The molecule has 0 N–H and O–H groups in total. The molecule has 6 heteroatoms. The summed E-state index contributed by atoms with van der Waals surface area (Å²) in [4.78, 5) is 10.2. The van der Waals surface area contributed by atoms with E-state index in [9.17, 15) is 2.74 Å². The van der Waals surface area contributed by atoms with Gasteiger partial charge in [-0.1, -0.05) is 243 Å². The van der Waals surface area contributed by atoms with Crippen LogP contribution in [-0.4, -0.2) is 16.2 Å². The van der Waals surface area contributed by atoms with E-state index in [2.05, 4.69) is 309 Å². The highest BCUT2D eigenvalue weighted by molar-refractivity contribution is 7.26. The maximum Gasteiger partial charge on any atom is 0.137 e. The average molecular weight is 1290 g/mol. The Balaban J connectivity index is 1.07. The summed E-state index contributed by atoms with van der Waals surface area (Å²) in [5.74, 6) is 0.141. The molecule has 4 heterocycles. The van der Waals surface area contributed by atoms with E-state index in [1.807, 2.05) is 51.3 Å². The van der Waals surface area contributed by atoms with Crippen molar-refractivity contribution in [3.8, 4) is 50.7 Å². The Morgan fingerprint density at radius 2 is 0.938 bits per heavy atom. The Morgan fingerprint density at radius 3 is 1.48 bits per heavy atom. The molecule has 0 atom stereocenters. The lowest BCUT2D eigenvalue weighted by Crippen LogP contribution is -2.26. The number of aromatic nitrogens is 2. The largest absolute Gasteiger partial charge is 0.457 e. The molecule has 13 rings (SSSR count). The Labute approximate surface area is 580 Å². The molecule has 96 heavy (non-hydrogen) atoms. The van der Waals surface area contributed by atoms with Gasteiger partial charge in [0, 0.05) is 68.8 Å². The van der Waals surface area contributed by atoms with Crippen LogP contribution in [0.3, 0.4) is 0 Å². The zero-order valence-corrected chi connectivity index (χ0v) is 61.9. The number of rotatable bonds is 10. The standard InChI is InChI=1S/C90H100N4OS/c1-54(2)68-29-27-30-69(55(3)4)81(68)58-44-65(51-67(45-58)95-66-34-35-72-78(52-66)94(80-50-59(38-39-91-80)85(5,6)7)77-37-36-71-70-28-23-26-33-79(70)96-84(71)82(72)77)92-53-93(76-32-25-24-31-75(76)92)83-73(56-40-60(86(8,9)10)46-61(41-56)87(11,12)13)48-64(90(20,21)22)49-74(83)57-42-62(88(14,15)16)47-63(43-57)89(17,18)19/h23-52,54-55H,53H2,1-22H3/i54D,55D. The van der Waals surface area contributed by atoms with Crippen LogP contribution in [0.4, 0.5) is 22.7 Å². The average Bonchev–Trinajstić information content (AvgIpc) is 1.55. The Kier molecular flexibility index (Phi) is 15.7. The van der Waals surface area contributed by atoms with E-state index < -0.39 is 11.8 Å². The number of anilines is 4. The van der Waals surface area contributed by atoms with Gasteiger partial charge in [0.25, 0.3) is 0 Å². The van der Waals surface area contributed by atoms with Crippen molar-refractivity contribution in [3.63, 3.8) is 0 Å². The first-order valence-corrected chi connectivity index (χ1v) is 35.4. The quantitative estimate of drug-likeness (QED) is 0.137. The molecule has 0 spiro atoms. The summed E-state index contributed by atoms with van der Waals surface area (Å²) in [6.45, 7) is 50.2. The predicted molar refractivity (Wildman–Crippen MR) is 417 cm³/mol. The van der Waals surface area contributed by atoms with E-state index in [0.717, 1.165) is 67.2 Å². The fourth-order valence-corrected chi connectivity index (χ4v) is 15.3. The van der Waals surface area contributed by atoms with E-state index >= 15 is 0 Å².